The van der Waals surface area contributed by atoms with E-state index >= 15 is 0 Å². The second-order valence-corrected chi connectivity index (χ2v) is 7.98. The van der Waals surface area contributed by atoms with Crippen molar-refractivity contribution in [2.24, 2.45) is 0 Å². The van der Waals surface area contributed by atoms with Crippen LogP contribution in [0, 0.1) is 17.0 Å². The number of carbonyl (C=O) groups excluding carboxylic acids is 2. The zero-order valence-corrected chi connectivity index (χ0v) is 19.2. The molecule has 0 aromatic carbocycles. The van der Waals surface area contributed by atoms with E-state index in [9.17, 15) is 18.4 Å². The third kappa shape index (κ3) is 7.83. The molecule has 0 spiro atoms. The van der Waals surface area contributed by atoms with Gasteiger partial charge in [0.25, 0.3) is 0 Å². The van der Waals surface area contributed by atoms with E-state index in [1.807, 2.05) is 16.8 Å². The van der Waals surface area contributed by atoms with Gasteiger partial charge in [0.1, 0.15) is 26.9 Å². The first-order valence-electron chi connectivity index (χ1n) is 8.57. The lowest BCUT2D eigenvalue weighted by atomic mass is 9.81. The smallest absolute Gasteiger partial charge is 0.404 e. The van der Waals surface area contributed by atoms with Crippen molar-refractivity contribution in [1.29, 1.82) is 0 Å². The molecule has 32 heavy (non-hydrogen) atoms. The summed E-state index contributed by atoms with van der Waals surface area (Å²) in [5.74, 6) is -1.18. The molecule has 12 heteroatoms. The maximum absolute atomic E-state index is 12.9. The lowest BCUT2D eigenvalue weighted by Crippen LogP contribution is -2.12. The number of aldehydes is 2. The molecule has 6 nitrogen and oxygen atoms in total. The van der Waals surface area contributed by atoms with Crippen LogP contribution in [0.15, 0.2) is 62.7 Å². The van der Waals surface area contributed by atoms with Gasteiger partial charge in [0.2, 0.25) is 0 Å². The van der Waals surface area contributed by atoms with Gasteiger partial charge >= 0.3 is 7.12 Å². The lowest BCUT2D eigenvalue weighted by molar-refractivity contribution is 0.110. The molecule has 0 bridgehead atoms. The fourth-order valence-corrected chi connectivity index (χ4v) is 3.57. The molecule has 0 unspecified atom stereocenters. The molecule has 2 N–H and O–H groups in total. The highest BCUT2D eigenvalue weighted by molar-refractivity contribution is 9.10. The third-order valence-electron chi connectivity index (χ3n) is 3.54. The minimum Gasteiger partial charge on any atom is -0.404 e. The Morgan fingerprint density at radius 1 is 1.00 bits per heavy atom. The third-order valence-corrected chi connectivity index (χ3v) is 5.31. The average Bonchev–Trinajstić information content (AvgIpc) is 3.51. The highest BCUT2D eigenvalue weighted by Gasteiger charge is 2.25. The van der Waals surface area contributed by atoms with Gasteiger partial charge in [0, 0.05) is 10.9 Å². The Labute approximate surface area is 199 Å². The van der Waals surface area contributed by atoms with Crippen LogP contribution in [0.4, 0.5) is 8.78 Å². The molecule has 4 rings (SSSR count). The number of thiophene rings is 1. The van der Waals surface area contributed by atoms with E-state index < -0.39 is 18.8 Å². The monoisotopic (exact) mass is 537 g/mol. The summed E-state index contributed by atoms with van der Waals surface area (Å²) in [6.07, 6.45) is 2.35. The number of thioether (sulfide) groups is 1. The summed E-state index contributed by atoms with van der Waals surface area (Å²) >= 11 is 5.85. The standard InChI is InChI=1S/C10H6FNOS.C6H3BrFNO.C4H4BO2S/c11-8-1-2-9(12-10(8)5-13)7-3-4-14-6-7;7-6-2-1-4(8)5(3-10)9-6;6-5(7)4-1-2-8-3-4/h1-6H;1-3H;1,3,6-7H/q;;+1. The van der Waals surface area contributed by atoms with E-state index in [2.05, 4.69) is 31.3 Å². The van der Waals surface area contributed by atoms with Crippen LogP contribution in [0.5, 0.6) is 0 Å². The van der Waals surface area contributed by atoms with Crippen molar-refractivity contribution in [2.45, 2.75) is 0 Å². The first-order valence-corrected chi connectivity index (χ1v) is 11.2. The van der Waals surface area contributed by atoms with E-state index in [0.717, 1.165) is 5.56 Å². The van der Waals surface area contributed by atoms with Gasteiger partial charge in [0.05, 0.1) is 22.9 Å². The first kappa shape index (κ1) is 25.7. The van der Waals surface area contributed by atoms with Gasteiger partial charge in [-0.15, -0.1) is 0 Å². The maximum atomic E-state index is 12.9. The molecule has 3 aromatic rings. The Bertz CT molecular complexity index is 1130. The van der Waals surface area contributed by atoms with Crippen molar-refractivity contribution in [3.63, 3.8) is 0 Å². The summed E-state index contributed by atoms with van der Waals surface area (Å²) in [6.45, 7) is 0. The number of halogens is 3. The van der Waals surface area contributed by atoms with Gasteiger partial charge in [0.15, 0.2) is 30.3 Å². The SMILES string of the molecule is O=Cc1nc(-c2ccsc2)ccc1F.O=Cc1nc(Br)ccc1F.OB(O)C1=CS[C+]=C1. The minimum absolute atomic E-state index is 0.145. The zero-order chi connectivity index (χ0) is 23.5. The average molecular weight is 538 g/mol. The molecule has 1 aliphatic rings. The second kappa shape index (κ2) is 13.1. The number of allylic oxidation sites excluding steroid dienone is 2. The van der Waals surface area contributed by atoms with Gasteiger partial charge in [-0.25, -0.2) is 18.7 Å². The quantitative estimate of drug-likeness (QED) is 0.219. The van der Waals surface area contributed by atoms with Crippen molar-refractivity contribution in [3.8, 4) is 11.3 Å². The zero-order valence-electron chi connectivity index (χ0n) is 16.0. The summed E-state index contributed by atoms with van der Waals surface area (Å²) in [7, 11) is -1.34. The minimum atomic E-state index is -1.34. The number of rotatable bonds is 4. The van der Waals surface area contributed by atoms with Gasteiger partial charge in [-0.2, -0.15) is 11.3 Å². The number of hydrogen-bond acceptors (Lipinski definition) is 8. The lowest BCUT2D eigenvalue weighted by Gasteiger charge is -1.98. The number of aromatic nitrogens is 2. The van der Waals surface area contributed by atoms with Gasteiger partial charge < -0.3 is 10.0 Å². The van der Waals surface area contributed by atoms with Crippen molar-refractivity contribution in [3.05, 3.63) is 91.1 Å². The number of hydrogen-bond donors (Lipinski definition) is 2. The van der Waals surface area contributed by atoms with Crippen LogP contribution < -0.4 is 0 Å². The van der Waals surface area contributed by atoms with Gasteiger partial charge in [-0.3, -0.25) is 9.59 Å². The van der Waals surface area contributed by atoms with E-state index in [4.69, 9.17) is 10.0 Å². The molecular weight excluding hydrogens is 525 g/mol. The predicted molar refractivity (Wildman–Crippen MR) is 124 cm³/mol. The molecule has 0 aliphatic carbocycles. The van der Waals surface area contributed by atoms with Crippen LogP contribution in [0.25, 0.3) is 11.3 Å². The van der Waals surface area contributed by atoms with Crippen molar-refractivity contribution in [1.82, 2.24) is 9.97 Å². The molecule has 0 atom stereocenters. The number of nitrogens with zero attached hydrogens (tertiary/aromatic N) is 2. The van der Waals surface area contributed by atoms with Gasteiger partial charge in [-0.05, 0) is 51.6 Å². The molecular formula is C20H13BBrF2N2O4S2+. The molecule has 0 amide bonds. The fourth-order valence-electron chi connectivity index (χ4n) is 2.00. The van der Waals surface area contributed by atoms with Crippen molar-refractivity contribution < 1.29 is 28.4 Å². The van der Waals surface area contributed by atoms with Crippen LogP contribution >= 0.6 is 39.0 Å². The molecule has 0 saturated carbocycles. The number of pyridine rings is 2. The van der Waals surface area contributed by atoms with Gasteiger partial charge in [-0.1, -0.05) is 0 Å². The van der Waals surface area contributed by atoms with Crippen LogP contribution in [-0.2, 0) is 0 Å². The van der Waals surface area contributed by atoms with E-state index in [-0.39, 0.29) is 11.4 Å². The van der Waals surface area contributed by atoms with Crippen molar-refractivity contribution >= 4 is 58.7 Å². The second-order valence-electron chi connectivity index (χ2n) is 5.68. The number of carbonyl (C=O) groups is 2. The highest BCUT2D eigenvalue weighted by Crippen LogP contribution is 2.20. The molecule has 3 aromatic heterocycles. The van der Waals surface area contributed by atoms with E-state index in [0.29, 0.717) is 28.3 Å². The molecule has 4 heterocycles. The maximum Gasteiger partial charge on any atom is 0.609 e. The summed E-state index contributed by atoms with van der Waals surface area (Å²) in [5, 5.41) is 25.1. The molecule has 1 aliphatic heterocycles. The topological polar surface area (TPSA) is 100 Å². The largest absolute Gasteiger partial charge is 0.609 e. The summed E-state index contributed by atoms with van der Waals surface area (Å²) in [5.41, 5.74) is 1.71. The Balaban J connectivity index is 0.000000178. The van der Waals surface area contributed by atoms with Crippen LogP contribution in [0.1, 0.15) is 21.0 Å². The summed E-state index contributed by atoms with van der Waals surface area (Å²) in [4.78, 5) is 28.0. The fraction of sp³-hybridized carbons (Fsp3) is 0. The van der Waals surface area contributed by atoms with Crippen molar-refractivity contribution in [2.75, 3.05) is 0 Å². The summed E-state index contributed by atoms with van der Waals surface area (Å²) < 4.78 is 25.8. The Hall–Kier alpha value is -2.60. The highest BCUT2D eigenvalue weighted by atomic mass is 79.9. The van der Waals surface area contributed by atoms with Crippen LogP contribution in [0.2, 0.25) is 0 Å². The molecule has 0 saturated heterocycles. The normalized spacial score (nSPS) is 11.2. The van der Waals surface area contributed by atoms with Crippen LogP contribution in [0.3, 0.4) is 0 Å². The predicted octanol–water partition coefficient (Wildman–Crippen LogP) is 4.50. The van der Waals surface area contributed by atoms with E-state index in [1.165, 1.54) is 41.3 Å². The van der Waals surface area contributed by atoms with E-state index in [1.54, 1.807) is 17.6 Å². The molecule has 0 radical (unpaired) electrons. The molecule has 162 valence electrons. The Kier molecular flexibility index (Phi) is 10.5. The molecule has 0 fully saturated rings. The van der Waals surface area contributed by atoms with Crippen LogP contribution in [-0.4, -0.2) is 39.7 Å². The first-order chi connectivity index (χ1) is 15.3. The Morgan fingerprint density at radius 2 is 1.66 bits per heavy atom. The summed E-state index contributed by atoms with van der Waals surface area (Å²) in [6, 6.07) is 7.30. The Morgan fingerprint density at radius 3 is 2.12 bits per heavy atom.